The Balaban J connectivity index is 1.52. The summed E-state index contributed by atoms with van der Waals surface area (Å²) < 4.78 is 19.9. The normalized spacial score (nSPS) is 15.7. The van der Waals surface area contributed by atoms with Gasteiger partial charge in [-0.1, -0.05) is 48.0 Å². The predicted molar refractivity (Wildman–Crippen MR) is 117 cm³/mol. The van der Waals surface area contributed by atoms with Crippen LogP contribution in [0.4, 0.5) is 9.52 Å². The SMILES string of the molecule is O=C(Nc1ncc(Cc2ccccc2Cl)s1)[C@@H](c1ccccc1F)N1CCOCC1. The van der Waals surface area contributed by atoms with Crippen molar-refractivity contribution in [3.8, 4) is 0 Å². The van der Waals surface area contributed by atoms with E-state index < -0.39 is 11.9 Å². The molecule has 0 radical (unpaired) electrons. The van der Waals surface area contributed by atoms with Gasteiger partial charge >= 0.3 is 0 Å². The van der Waals surface area contributed by atoms with Crippen LogP contribution in [0.3, 0.4) is 0 Å². The molecule has 1 atom stereocenters. The standard InChI is InChI=1S/C22H21ClFN3O2S/c23-18-7-3-1-5-15(18)13-16-14-25-22(30-16)26-21(28)20(27-9-11-29-12-10-27)17-6-2-4-8-19(17)24/h1-8,14,20H,9-13H2,(H,25,26,28)/t20-/m1/s1. The monoisotopic (exact) mass is 445 g/mol. The number of hydrogen-bond acceptors (Lipinski definition) is 5. The van der Waals surface area contributed by atoms with Crippen molar-refractivity contribution < 1.29 is 13.9 Å². The van der Waals surface area contributed by atoms with E-state index in [1.54, 1.807) is 24.4 Å². The van der Waals surface area contributed by atoms with Crippen molar-refractivity contribution in [3.63, 3.8) is 0 Å². The lowest BCUT2D eigenvalue weighted by molar-refractivity contribution is -0.123. The molecule has 2 heterocycles. The Morgan fingerprint density at radius 3 is 2.70 bits per heavy atom. The first-order chi connectivity index (χ1) is 14.6. The van der Waals surface area contributed by atoms with Gasteiger partial charge in [0.25, 0.3) is 0 Å². The average Bonchev–Trinajstić information content (AvgIpc) is 3.19. The fraction of sp³-hybridized carbons (Fsp3) is 0.273. The van der Waals surface area contributed by atoms with Gasteiger partial charge in [0.1, 0.15) is 11.9 Å². The fourth-order valence-electron chi connectivity index (χ4n) is 3.49. The Bertz CT molecular complexity index is 1020. The van der Waals surface area contributed by atoms with Crippen molar-refractivity contribution >= 4 is 34.0 Å². The quantitative estimate of drug-likeness (QED) is 0.605. The van der Waals surface area contributed by atoms with Gasteiger partial charge in [-0.2, -0.15) is 0 Å². The fourth-order valence-corrected chi connectivity index (χ4v) is 4.53. The summed E-state index contributed by atoms with van der Waals surface area (Å²) in [5.74, 6) is -0.705. The highest BCUT2D eigenvalue weighted by molar-refractivity contribution is 7.15. The van der Waals surface area contributed by atoms with Crippen LogP contribution in [0.15, 0.2) is 54.7 Å². The third kappa shape index (κ3) is 4.87. The topological polar surface area (TPSA) is 54.5 Å². The zero-order chi connectivity index (χ0) is 20.9. The number of aromatic nitrogens is 1. The van der Waals surface area contributed by atoms with Crippen LogP contribution in [0.1, 0.15) is 22.0 Å². The molecule has 0 saturated carbocycles. The minimum Gasteiger partial charge on any atom is -0.379 e. The van der Waals surface area contributed by atoms with Gasteiger partial charge in [-0.05, 0) is 17.7 Å². The van der Waals surface area contributed by atoms with E-state index in [1.165, 1.54) is 17.4 Å². The van der Waals surface area contributed by atoms with E-state index in [1.807, 2.05) is 29.2 Å². The number of amides is 1. The summed E-state index contributed by atoms with van der Waals surface area (Å²) in [5, 5.41) is 4.05. The molecule has 8 heteroatoms. The lowest BCUT2D eigenvalue weighted by Crippen LogP contribution is -2.44. The van der Waals surface area contributed by atoms with Crippen molar-refractivity contribution in [1.29, 1.82) is 0 Å². The molecule has 0 bridgehead atoms. The van der Waals surface area contributed by atoms with Gasteiger partial charge in [-0.3, -0.25) is 9.69 Å². The summed E-state index contributed by atoms with van der Waals surface area (Å²) in [5.41, 5.74) is 1.35. The van der Waals surface area contributed by atoms with Crippen LogP contribution >= 0.6 is 22.9 Å². The first kappa shape index (κ1) is 20.9. The van der Waals surface area contributed by atoms with Gasteiger partial charge in [-0.25, -0.2) is 9.37 Å². The zero-order valence-electron chi connectivity index (χ0n) is 16.2. The number of ether oxygens (including phenoxy) is 1. The number of rotatable bonds is 6. The highest BCUT2D eigenvalue weighted by Crippen LogP contribution is 2.28. The average molecular weight is 446 g/mol. The Morgan fingerprint density at radius 2 is 1.93 bits per heavy atom. The Labute approximate surface area is 183 Å². The molecule has 1 N–H and O–H groups in total. The van der Waals surface area contributed by atoms with E-state index >= 15 is 0 Å². The van der Waals surface area contributed by atoms with Crippen LogP contribution < -0.4 is 5.32 Å². The van der Waals surface area contributed by atoms with Crippen molar-refractivity contribution in [2.24, 2.45) is 0 Å². The van der Waals surface area contributed by atoms with Crippen LogP contribution in [-0.4, -0.2) is 42.1 Å². The second kappa shape index (κ2) is 9.66. The lowest BCUT2D eigenvalue weighted by atomic mass is 10.0. The van der Waals surface area contributed by atoms with Gasteiger partial charge in [0.05, 0.1) is 13.2 Å². The molecule has 2 aromatic carbocycles. The molecule has 30 heavy (non-hydrogen) atoms. The summed E-state index contributed by atoms with van der Waals surface area (Å²) in [6.45, 7) is 2.14. The number of nitrogens with zero attached hydrogens (tertiary/aromatic N) is 2. The molecule has 1 fully saturated rings. The van der Waals surface area contributed by atoms with E-state index in [2.05, 4.69) is 10.3 Å². The zero-order valence-corrected chi connectivity index (χ0v) is 17.8. The number of hydrogen-bond donors (Lipinski definition) is 1. The molecule has 3 aromatic rings. The number of nitrogens with one attached hydrogen (secondary N) is 1. The van der Waals surface area contributed by atoms with E-state index in [0.29, 0.717) is 48.4 Å². The van der Waals surface area contributed by atoms with Gasteiger partial charge in [-0.15, -0.1) is 11.3 Å². The molecule has 156 valence electrons. The second-order valence-corrected chi connectivity index (χ2v) is 8.48. The molecule has 1 saturated heterocycles. The number of morpholine rings is 1. The lowest BCUT2D eigenvalue weighted by Gasteiger charge is -2.33. The number of halogens is 2. The maximum Gasteiger partial charge on any atom is 0.248 e. The highest BCUT2D eigenvalue weighted by atomic mass is 35.5. The minimum atomic E-state index is -0.744. The summed E-state index contributed by atoms with van der Waals surface area (Å²) in [6.07, 6.45) is 2.36. The summed E-state index contributed by atoms with van der Waals surface area (Å²) in [6, 6.07) is 13.3. The minimum absolute atomic E-state index is 0.305. The van der Waals surface area contributed by atoms with Gasteiger partial charge in [0, 0.05) is 41.2 Å². The van der Waals surface area contributed by atoms with Crippen molar-refractivity contribution in [1.82, 2.24) is 9.88 Å². The molecule has 1 aromatic heterocycles. The van der Waals surface area contributed by atoms with Crippen LogP contribution in [-0.2, 0) is 16.0 Å². The Kier molecular flexibility index (Phi) is 6.74. The summed E-state index contributed by atoms with van der Waals surface area (Å²) in [7, 11) is 0. The number of benzene rings is 2. The largest absolute Gasteiger partial charge is 0.379 e. The van der Waals surface area contributed by atoms with E-state index in [-0.39, 0.29) is 5.91 Å². The number of carbonyl (C=O) groups excluding carboxylic acids is 1. The second-order valence-electron chi connectivity index (χ2n) is 6.96. The summed E-state index contributed by atoms with van der Waals surface area (Å²) in [4.78, 5) is 20.4. The van der Waals surface area contributed by atoms with E-state index in [0.717, 1.165) is 10.4 Å². The van der Waals surface area contributed by atoms with E-state index in [9.17, 15) is 9.18 Å². The molecule has 1 aliphatic heterocycles. The molecule has 4 rings (SSSR count). The predicted octanol–water partition coefficient (Wildman–Crippen LogP) is 4.54. The first-order valence-corrected chi connectivity index (χ1v) is 10.9. The molecular formula is C22H21ClFN3O2S. The molecule has 0 unspecified atom stereocenters. The molecule has 5 nitrogen and oxygen atoms in total. The Hall–Kier alpha value is -2.32. The number of anilines is 1. The third-order valence-corrected chi connectivity index (χ3v) is 6.25. The van der Waals surface area contributed by atoms with Crippen LogP contribution in [0.25, 0.3) is 0 Å². The van der Waals surface area contributed by atoms with Crippen molar-refractivity contribution in [2.75, 3.05) is 31.6 Å². The number of carbonyl (C=O) groups is 1. The van der Waals surface area contributed by atoms with Gasteiger partial charge < -0.3 is 10.1 Å². The van der Waals surface area contributed by atoms with Crippen molar-refractivity contribution in [3.05, 3.63) is 81.6 Å². The van der Waals surface area contributed by atoms with Crippen LogP contribution in [0, 0.1) is 5.82 Å². The Morgan fingerprint density at radius 1 is 1.20 bits per heavy atom. The first-order valence-electron chi connectivity index (χ1n) is 9.67. The highest BCUT2D eigenvalue weighted by Gasteiger charge is 2.31. The smallest absolute Gasteiger partial charge is 0.248 e. The summed E-state index contributed by atoms with van der Waals surface area (Å²) >= 11 is 7.63. The van der Waals surface area contributed by atoms with E-state index in [4.69, 9.17) is 16.3 Å². The molecule has 1 amide bonds. The van der Waals surface area contributed by atoms with Gasteiger partial charge in [0.15, 0.2) is 5.13 Å². The maximum atomic E-state index is 14.5. The molecule has 0 spiro atoms. The van der Waals surface area contributed by atoms with Crippen LogP contribution in [0.5, 0.6) is 0 Å². The molecular weight excluding hydrogens is 425 g/mol. The van der Waals surface area contributed by atoms with Crippen LogP contribution in [0.2, 0.25) is 5.02 Å². The maximum absolute atomic E-state index is 14.5. The molecule has 1 aliphatic rings. The molecule has 0 aliphatic carbocycles. The number of thiazole rings is 1. The third-order valence-electron chi connectivity index (χ3n) is 4.97. The van der Waals surface area contributed by atoms with Crippen molar-refractivity contribution in [2.45, 2.75) is 12.5 Å². The van der Waals surface area contributed by atoms with Gasteiger partial charge in [0.2, 0.25) is 5.91 Å².